The van der Waals surface area contributed by atoms with E-state index in [1.54, 1.807) is 40.9 Å². The molecule has 2 amide bonds. The maximum atomic E-state index is 12.9. The van der Waals surface area contributed by atoms with Gasteiger partial charge in [0.1, 0.15) is 6.04 Å². The first-order valence-corrected chi connectivity index (χ1v) is 12.2. The van der Waals surface area contributed by atoms with Crippen LogP contribution in [0.3, 0.4) is 0 Å². The van der Waals surface area contributed by atoms with Gasteiger partial charge in [0.2, 0.25) is 15.9 Å². The smallest absolute Gasteiger partial charge is 0.261 e. The van der Waals surface area contributed by atoms with Crippen molar-refractivity contribution in [2.75, 3.05) is 18.4 Å². The molecule has 7 nitrogen and oxygen atoms in total. The molecular weight excluding hydrogens is 422 g/mol. The summed E-state index contributed by atoms with van der Waals surface area (Å²) in [6.45, 7) is 6.77. The second-order valence-corrected chi connectivity index (χ2v) is 10.8. The highest BCUT2D eigenvalue weighted by Gasteiger charge is 2.31. The van der Waals surface area contributed by atoms with Gasteiger partial charge in [-0.2, -0.15) is 4.31 Å². The minimum atomic E-state index is -3.57. The van der Waals surface area contributed by atoms with Gasteiger partial charge in [-0.1, -0.05) is 19.9 Å². The molecule has 1 aliphatic rings. The molecule has 1 aromatic heterocycles. The lowest BCUT2D eigenvalue weighted by Crippen LogP contribution is -2.42. The fraction of sp³-hybridized carbons (Fsp3) is 0.429. The van der Waals surface area contributed by atoms with E-state index in [1.165, 1.54) is 23.5 Å². The fourth-order valence-electron chi connectivity index (χ4n) is 3.65. The predicted octanol–water partition coefficient (Wildman–Crippen LogP) is 3.17. The van der Waals surface area contributed by atoms with Crippen LogP contribution in [0.4, 0.5) is 5.69 Å². The van der Waals surface area contributed by atoms with E-state index in [4.69, 9.17) is 0 Å². The molecule has 3 atom stereocenters. The zero-order valence-corrected chi connectivity index (χ0v) is 18.9. The summed E-state index contributed by atoms with van der Waals surface area (Å²) in [5.74, 6) is -0.0332. The third-order valence-corrected chi connectivity index (χ3v) is 7.80. The minimum Gasteiger partial charge on any atom is -0.340 e. The lowest BCUT2D eigenvalue weighted by atomic mass is 9.94. The van der Waals surface area contributed by atoms with E-state index in [-0.39, 0.29) is 16.7 Å². The molecule has 2 aromatic rings. The number of anilines is 1. The van der Waals surface area contributed by atoms with E-state index < -0.39 is 16.1 Å². The van der Waals surface area contributed by atoms with Crippen LogP contribution in [0.1, 0.15) is 36.9 Å². The average molecular weight is 450 g/mol. The Hall–Kier alpha value is -2.23. The number of nitrogens with one attached hydrogen (secondary N) is 2. The number of carbonyl (C=O) groups excluding carboxylic acids is 2. The maximum absolute atomic E-state index is 12.9. The molecule has 0 aliphatic carbocycles. The second kappa shape index (κ2) is 9.28. The van der Waals surface area contributed by atoms with Gasteiger partial charge in [0, 0.05) is 18.8 Å². The molecule has 0 unspecified atom stereocenters. The first-order chi connectivity index (χ1) is 14.2. The first-order valence-electron chi connectivity index (χ1n) is 9.92. The Kier molecular flexibility index (Phi) is 6.95. The van der Waals surface area contributed by atoms with Crippen molar-refractivity contribution in [2.45, 2.75) is 38.1 Å². The Morgan fingerprint density at radius 3 is 2.30 bits per heavy atom. The highest BCUT2D eigenvalue weighted by atomic mass is 32.2. The molecule has 0 saturated carbocycles. The Bertz CT molecular complexity index is 978. The quantitative estimate of drug-likeness (QED) is 0.708. The summed E-state index contributed by atoms with van der Waals surface area (Å²) >= 11 is 1.30. The van der Waals surface area contributed by atoms with Crippen molar-refractivity contribution in [3.63, 3.8) is 0 Å². The topological polar surface area (TPSA) is 95.6 Å². The Labute approximate surface area is 181 Å². The first kappa shape index (κ1) is 22.5. The van der Waals surface area contributed by atoms with E-state index in [0.29, 0.717) is 35.5 Å². The van der Waals surface area contributed by atoms with Crippen LogP contribution in [0.2, 0.25) is 0 Å². The lowest BCUT2D eigenvalue weighted by molar-refractivity contribution is -0.117. The van der Waals surface area contributed by atoms with Gasteiger partial charge in [-0.25, -0.2) is 8.42 Å². The van der Waals surface area contributed by atoms with Crippen LogP contribution in [0.15, 0.2) is 46.7 Å². The standard InChI is InChI=1S/C21H27N3O4S2/c1-14-11-15(2)13-24(12-14)30(27,28)18-8-6-17(7-9-18)23-20(25)16(3)22-21(26)19-5-4-10-29-19/h4-10,14-16H,11-13H2,1-3H3,(H,22,26)(H,23,25)/t14-,15+,16-/m0/s1. The monoisotopic (exact) mass is 449 g/mol. The third-order valence-electron chi connectivity index (χ3n) is 5.08. The molecule has 1 aromatic carbocycles. The zero-order chi connectivity index (χ0) is 21.9. The molecule has 162 valence electrons. The van der Waals surface area contributed by atoms with Crippen molar-refractivity contribution in [3.05, 3.63) is 46.7 Å². The summed E-state index contributed by atoms with van der Waals surface area (Å²) in [5.41, 5.74) is 0.469. The number of hydrogen-bond donors (Lipinski definition) is 2. The molecular formula is C21H27N3O4S2. The molecule has 9 heteroatoms. The average Bonchev–Trinajstić information content (AvgIpc) is 3.22. The number of thiophene rings is 1. The molecule has 2 heterocycles. The van der Waals surface area contributed by atoms with E-state index >= 15 is 0 Å². The number of rotatable bonds is 6. The number of carbonyl (C=O) groups is 2. The molecule has 1 saturated heterocycles. The van der Waals surface area contributed by atoms with Crippen LogP contribution in [-0.2, 0) is 14.8 Å². The van der Waals surface area contributed by atoms with Crippen molar-refractivity contribution in [2.24, 2.45) is 11.8 Å². The fourth-order valence-corrected chi connectivity index (χ4v) is 5.96. The lowest BCUT2D eigenvalue weighted by Gasteiger charge is -2.34. The Morgan fingerprint density at radius 2 is 1.73 bits per heavy atom. The van der Waals surface area contributed by atoms with Gasteiger partial charge in [0.15, 0.2) is 0 Å². The van der Waals surface area contributed by atoms with Gasteiger partial charge in [-0.15, -0.1) is 11.3 Å². The number of nitrogens with zero attached hydrogens (tertiary/aromatic N) is 1. The third kappa shape index (κ3) is 5.27. The van der Waals surface area contributed by atoms with E-state index in [0.717, 1.165) is 6.42 Å². The molecule has 1 fully saturated rings. The normalized spacial score (nSPS) is 21.0. The predicted molar refractivity (Wildman–Crippen MR) is 118 cm³/mol. The molecule has 1 aliphatic heterocycles. The summed E-state index contributed by atoms with van der Waals surface area (Å²) in [6.07, 6.45) is 1.03. The van der Waals surface area contributed by atoms with Gasteiger partial charge in [-0.05, 0) is 60.9 Å². The van der Waals surface area contributed by atoms with Crippen LogP contribution in [0.5, 0.6) is 0 Å². The number of hydrogen-bond acceptors (Lipinski definition) is 5. The van der Waals surface area contributed by atoms with Gasteiger partial charge < -0.3 is 10.6 Å². The number of piperidine rings is 1. The molecule has 0 bridgehead atoms. The van der Waals surface area contributed by atoms with Crippen molar-refractivity contribution in [3.8, 4) is 0 Å². The highest BCUT2D eigenvalue weighted by molar-refractivity contribution is 7.89. The van der Waals surface area contributed by atoms with Crippen LogP contribution in [0, 0.1) is 11.8 Å². The van der Waals surface area contributed by atoms with Crippen molar-refractivity contribution in [1.82, 2.24) is 9.62 Å². The van der Waals surface area contributed by atoms with Gasteiger partial charge in [-0.3, -0.25) is 9.59 Å². The minimum absolute atomic E-state index is 0.209. The van der Waals surface area contributed by atoms with Crippen molar-refractivity contribution >= 4 is 38.9 Å². The zero-order valence-electron chi connectivity index (χ0n) is 17.3. The summed E-state index contributed by atoms with van der Waals surface area (Å²) < 4.78 is 27.4. The summed E-state index contributed by atoms with van der Waals surface area (Å²) in [7, 11) is -3.57. The summed E-state index contributed by atoms with van der Waals surface area (Å²) in [4.78, 5) is 25.2. The van der Waals surface area contributed by atoms with Gasteiger partial charge in [0.25, 0.3) is 5.91 Å². The van der Waals surface area contributed by atoms with E-state index in [1.807, 2.05) is 0 Å². The Morgan fingerprint density at radius 1 is 1.10 bits per heavy atom. The van der Waals surface area contributed by atoms with Gasteiger partial charge in [0.05, 0.1) is 9.77 Å². The van der Waals surface area contributed by atoms with Crippen LogP contribution in [-0.4, -0.2) is 43.7 Å². The van der Waals surface area contributed by atoms with E-state index in [2.05, 4.69) is 24.5 Å². The summed E-state index contributed by atoms with van der Waals surface area (Å²) in [5, 5.41) is 7.14. The molecule has 3 rings (SSSR count). The van der Waals surface area contributed by atoms with Crippen LogP contribution in [0.25, 0.3) is 0 Å². The van der Waals surface area contributed by atoms with E-state index in [9.17, 15) is 18.0 Å². The number of sulfonamides is 1. The number of benzene rings is 1. The summed E-state index contributed by atoms with van der Waals surface area (Å²) in [6, 6.07) is 8.86. The largest absolute Gasteiger partial charge is 0.340 e. The highest BCUT2D eigenvalue weighted by Crippen LogP contribution is 2.27. The molecule has 0 radical (unpaired) electrons. The van der Waals surface area contributed by atoms with Crippen molar-refractivity contribution in [1.29, 1.82) is 0 Å². The van der Waals surface area contributed by atoms with Crippen molar-refractivity contribution < 1.29 is 18.0 Å². The number of amides is 2. The molecule has 2 N–H and O–H groups in total. The molecule has 0 spiro atoms. The SMILES string of the molecule is C[C@@H]1C[C@H](C)CN(S(=O)(=O)c2ccc(NC(=O)[C@H](C)NC(=O)c3cccs3)cc2)C1. The second-order valence-electron chi connectivity index (χ2n) is 7.95. The van der Waals surface area contributed by atoms with Crippen LogP contribution < -0.4 is 10.6 Å². The maximum Gasteiger partial charge on any atom is 0.261 e. The van der Waals surface area contributed by atoms with Crippen LogP contribution >= 0.6 is 11.3 Å². The molecule has 30 heavy (non-hydrogen) atoms. The Balaban J connectivity index is 1.62. The van der Waals surface area contributed by atoms with Gasteiger partial charge >= 0.3 is 0 Å².